The van der Waals surface area contributed by atoms with Gasteiger partial charge >= 0.3 is 23.9 Å². The van der Waals surface area contributed by atoms with Gasteiger partial charge in [0.25, 0.3) is 0 Å². The van der Waals surface area contributed by atoms with Crippen molar-refractivity contribution in [1.82, 2.24) is 0 Å². The van der Waals surface area contributed by atoms with Crippen LogP contribution in [0.2, 0.25) is 0 Å². The minimum absolute atomic E-state index is 0.000635. The van der Waals surface area contributed by atoms with E-state index in [4.69, 9.17) is 41.9 Å². The van der Waals surface area contributed by atoms with Crippen LogP contribution in [-0.2, 0) is 57.3 Å². The summed E-state index contributed by atoms with van der Waals surface area (Å²) in [7, 11) is 0. The Kier molecular flexibility index (Phi) is 37.0. The summed E-state index contributed by atoms with van der Waals surface area (Å²) < 4.78 is 24.1. The van der Waals surface area contributed by atoms with Crippen LogP contribution in [0, 0.1) is 183 Å². The van der Waals surface area contributed by atoms with Crippen molar-refractivity contribution in [3.8, 4) is 0 Å². The van der Waals surface area contributed by atoms with Crippen LogP contribution in [0.25, 0.3) is 0 Å². The predicted molar refractivity (Wildman–Crippen MR) is 592 cm³/mol. The van der Waals surface area contributed by atoms with Crippen LogP contribution in [0.15, 0.2) is 44.6 Å². The number of ketones is 4. The first kappa shape index (κ1) is 121. The lowest BCUT2D eigenvalue weighted by Crippen LogP contribution is -2.67. The zero-order valence-electron chi connectivity index (χ0n) is 99.1. The fourth-order valence-corrected chi connectivity index (χ4v) is 40.7. The first-order valence-electron chi connectivity index (χ1n) is 60.2. The molecule has 846 valence electrons. The van der Waals surface area contributed by atoms with Crippen LogP contribution in [0.4, 0.5) is 0 Å². The molecule has 16 saturated carbocycles. The highest BCUT2D eigenvalue weighted by molar-refractivity contribution is 5.96. The fourth-order valence-electron chi connectivity index (χ4n) is 40.7. The van der Waals surface area contributed by atoms with Crippen molar-refractivity contribution in [2.45, 2.75) is 519 Å². The Morgan fingerprint density at radius 1 is 0.309 bits per heavy atom. The Bertz CT molecular complexity index is 4840. The summed E-state index contributed by atoms with van der Waals surface area (Å²) in [5.41, 5.74) is 34.8. The Labute approximate surface area is 900 Å². The van der Waals surface area contributed by atoms with Crippen molar-refractivity contribution in [3.05, 3.63) is 44.6 Å². The van der Waals surface area contributed by atoms with Crippen molar-refractivity contribution in [3.63, 3.8) is 0 Å². The number of allylic oxidation sites excluding steroid dienone is 4. The van der Waals surface area contributed by atoms with E-state index in [9.17, 15) is 63.9 Å². The topological polar surface area (TPSA) is 379 Å². The second-order valence-electron chi connectivity index (χ2n) is 57.8. The fraction of sp³-hybridized carbons (Fsp3) is 0.875. The number of carbonyl (C=O) groups is 8. The van der Waals surface area contributed by atoms with Crippen molar-refractivity contribution in [1.29, 1.82) is 0 Å². The maximum absolute atomic E-state index is 13.1. The minimum Gasteiger partial charge on any atom is -0.458 e. The molecule has 21 heteroatoms. The highest BCUT2D eigenvalue weighted by atomic mass is 16.6. The second-order valence-corrected chi connectivity index (χ2v) is 57.8. The third-order valence-corrected chi connectivity index (χ3v) is 48.3. The minimum atomic E-state index is -0.519. The molecule has 0 heterocycles. The van der Waals surface area contributed by atoms with E-state index in [1.807, 2.05) is 0 Å². The van der Waals surface area contributed by atoms with E-state index < -0.39 is 12.2 Å². The molecule has 0 bridgehead atoms. The molecule has 0 radical (unpaired) electrons. The standard InChI is InChI=1S/C32H53NO5.3C32H53NO4/c1-18(2)9-8-10-21(19(3)34)28-24-15-26(37)29-30(5)13-12-25(36)22(17-33)23(30)11-14-31(29,6)32(24,7)16-27(28)38-20(4)35;1-18(2)10-9-11-22(20(4)34)28-24-16-25(33)29-30(6)14-13-26(36)19(3)23(30)12-15-31(29,7)32(24,8)17-27(28)37-21(5)35;2*1-18(2)10-9-11-22(20(4)34)28-26(37-21(5)35)17-32(8)29(28)24(33)16-27-30(6)14-13-25(36)19(3)23(30)12-15-31(27,32)7/h18,22-27,29,36-37H,8-17,33H2,1-7H3;3*18-19,23-27,29,36H,9-17,33H2,1-8H3/b28-21-;28-22-;2*28-22+/t22-,23-,24-,25+,26+,27-,29-,30-,31-,32-;19-,23-,24-,25-,26+,27-,29-,30-,31-,32-;19-,23-,24+,25+,26-,27-,29-,30-,31-,32-;19-,23-,24-,25+,26-,27-,29-,30-,31-,32-/m0000/s1. The van der Waals surface area contributed by atoms with Gasteiger partial charge in [-0.05, 0) is 450 Å². The molecule has 40 atom stereocenters. The van der Waals surface area contributed by atoms with E-state index in [0.717, 1.165) is 256 Å². The van der Waals surface area contributed by atoms with E-state index in [-0.39, 0.29) is 214 Å². The average Bonchev–Trinajstić information content (AvgIpc) is 1.59. The molecular weight excluding hydrogens is 1870 g/mol. The molecule has 0 aromatic rings. The van der Waals surface area contributed by atoms with Crippen LogP contribution in [0.1, 0.15) is 446 Å². The van der Waals surface area contributed by atoms with Crippen molar-refractivity contribution < 1.29 is 82.8 Å². The summed E-state index contributed by atoms with van der Waals surface area (Å²) in [5, 5.41) is 54.9. The number of aliphatic hydroxyl groups is 5. The number of hydrogen-bond donors (Lipinski definition) is 9. The number of rotatable bonds is 25. The van der Waals surface area contributed by atoms with Crippen LogP contribution >= 0.6 is 0 Å². The third kappa shape index (κ3) is 21.4. The summed E-state index contributed by atoms with van der Waals surface area (Å²) >= 11 is 0. The molecule has 149 heavy (non-hydrogen) atoms. The molecule has 0 unspecified atom stereocenters. The van der Waals surface area contributed by atoms with Gasteiger partial charge in [0.15, 0.2) is 23.1 Å². The van der Waals surface area contributed by atoms with E-state index in [1.165, 1.54) is 27.7 Å². The summed E-state index contributed by atoms with van der Waals surface area (Å²) in [6, 6.07) is -0.125. The normalized spacial score (nSPS) is 46.4. The van der Waals surface area contributed by atoms with Gasteiger partial charge < -0.3 is 67.4 Å². The largest absolute Gasteiger partial charge is 0.458 e. The average molecular weight is 2080 g/mol. The zero-order chi connectivity index (χ0) is 111. The molecule has 0 saturated heterocycles. The van der Waals surface area contributed by atoms with Gasteiger partial charge in [0.1, 0.15) is 24.4 Å². The molecule has 16 aliphatic carbocycles. The molecule has 16 aliphatic rings. The molecule has 0 aromatic heterocycles. The first-order chi connectivity index (χ1) is 69.2. The van der Waals surface area contributed by atoms with Gasteiger partial charge in [-0.2, -0.15) is 0 Å². The highest BCUT2D eigenvalue weighted by Crippen LogP contribution is 2.81. The smallest absolute Gasteiger partial charge is 0.303 e. The summed E-state index contributed by atoms with van der Waals surface area (Å²) in [6.45, 7) is 66.6. The van der Waals surface area contributed by atoms with Crippen molar-refractivity contribution in [2.24, 2.45) is 206 Å². The maximum atomic E-state index is 13.1. The zero-order valence-corrected chi connectivity index (χ0v) is 99.1. The van der Waals surface area contributed by atoms with Crippen LogP contribution in [0.3, 0.4) is 0 Å². The lowest BCUT2D eigenvalue weighted by atomic mass is 9.36. The van der Waals surface area contributed by atoms with Crippen LogP contribution < -0.4 is 22.9 Å². The number of fused-ring (bicyclic) bond motifs is 20. The Morgan fingerprint density at radius 3 is 0.893 bits per heavy atom. The molecule has 13 N–H and O–H groups in total. The molecule has 16 rings (SSSR count). The Morgan fingerprint density at radius 2 is 0.577 bits per heavy atom. The quantitative estimate of drug-likeness (QED) is 0.0233. The van der Waals surface area contributed by atoms with Gasteiger partial charge in [0, 0.05) is 63.6 Å². The number of aliphatic hydroxyl groups excluding tert-OH is 5. The third-order valence-electron chi connectivity index (χ3n) is 48.3. The lowest BCUT2D eigenvalue weighted by molar-refractivity contribution is -0.234. The summed E-state index contributed by atoms with van der Waals surface area (Å²) in [6.07, 6.45) is 30.0. The van der Waals surface area contributed by atoms with Gasteiger partial charge in [0.05, 0.1) is 30.5 Å². The first-order valence-corrected chi connectivity index (χ1v) is 60.2. The van der Waals surface area contributed by atoms with E-state index in [2.05, 4.69) is 159 Å². The van der Waals surface area contributed by atoms with E-state index in [0.29, 0.717) is 103 Å². The lowest BCUT2D eigenvalue weighted by Gasteiger charge is -2.69. The Hall–Kier alpha value is -4.84. The number of ether oxygens (including phenoxy) is 4. The van der Waals surface area contributed by atoms with Crippen LogP contribution in [0.5, 0.6) is 0 Å². The number of nitrogens with two attached hydrogens (primary N) is 4. The van der Waals surface area contributed by atoms with Gasteiger partial charge in [-0.25, -0.2) is 0 Å². The Balaban J connectivity index is 0.000000166. The highest BCUT2D eigenvalue weighted by Gasteiger charge is 2.77. The maximum Gasteiger partial charge on any atom is 0.303 e. The van der Waals surface area contributed by atoms with Crippen molar-refractivity contribution >= 4 is 47.0 Å². The summed E-state index contributed by atoms with van der Waals surface area (Å²) in [4.78, 5) is 102. The number of hydrogen-bond acceptors (Lipinski definition) is 21. The predicted octanol–water partition coefficient (Wildman–Crippen LogP) is 23.8. The van der Waals surface area contributed by atoms with Crippen LogP contribution in [-0.4, -0.2) is 152 Å². The van der Waals surface area contributed by atoms with Crippen molar-refractivity contribution in [2.75, 3.05) is 6.54 Å². The molecule has 0 aliphatic heterocycles. The molecule has 0 amide bonds. The van der Waals surface area contributed by atoms with E-state index >= 15 is 0 Å². The monoisotopic (exact) mass is 2080 g/mol. The summed E-state index contributed by atoms with van der Waals surface area (Å²) in [5.74, 6) is 5.84. The van der Waals surface area contributed by atoms with E-state index in [1.54, 1.807) is 27.7 Å². The molecule has 16 fully saturated rings. The van der Waals surface area contributed by atoms with Gasteiger partial charge in [-0.15, -0.1) is 0 Å². The second kappa shape index (κ2) is 45.5. The number of esters is 4. The number of carbonyl (C=O) groups excluding carboxylic acids is 8. The molecular formula is C128H212N4O17. The van der Waals surface area contributed by atoms with Gasteiger partial charge in [0.2, 0.25) is 0 Å². The SMILES string of the molecule is CC(=O)O[C@H]1C[C@@]2(C)[C@@H](C[C@@H](O)[C@H]3[C@@]4(C)CC[C@@H](O)[C@@H](CN)[C@@H]4CC[C@@]32C)/C1=C(\CCCC(C)C)C(C)=O.CC(=O)O[C@H]1C[C@@]2(C)[C@@H](C[C@H](N)[C@H]3[C@@]4(C)CC[C@@H](O)[C@@H](C)[C@@H]4CC[C@@]32C)/C1=C(\CCCC(C)C)C(C)=O.CC(=O)O[C@H]1C[C@@]2(C)[C@H](/C1=C(\CCCC(C)C)C(C)=O)[C@@H](N)C[C@H]1[C@@]3(C)CC[C@@H](O)[C@@H](C)[C@@H]3CC[C@@]12C.CC(=O)O[C@H]1C[C@@]2(C)[C@H](/C1=C(\CCCC(C)C)C(C)=O)[C@H](N)C[C@H]1[C@@]3(C)CC[C@@H](O)[C@@H](C)[C@@H]3CC[C@@]12C. The molecule has 21 nitrogen and oxygen atoms in total. The van der Waals surface area contributed by atoms with Gasteiger partial charge in [-0.3, -0.25) is 38.4 Å². The molecule has 0 spiro atoms. The van der Waals surface area contributed by atoms with Gasteiger partial charge in [-0.1, -0.05) is 185 Å². The molecule has 0 aromatic carbocycles. The number of Topliss-reactive ketones (excluding diaryl/α,β-unsaturated/α-hetero) is 4.